The molecule has 0 fully saturated rings. The van der Waals surface area contributed by atoms with Crippen molar-refractivity contribution in [2.24, 2.45) is 5.73 Å². The molecule has 1 atom stereocenters. The van der Waals surface area contributed by atoms with Crippen LogP contribution >= 0.6 is 23.2 Å². The van der Waals surface area contributed by atoms with Crippen molar-refractivity contribution >= 4 is 29.2 Å². The van der Waals surface area contributed by atoms with E-state index in [4.69, 9.17) is 38.4 Å². The molecule has 4 N–H and O–H groups in total. The van der Waals surface area contributed by atoms with Gasteiger partial charge in [-0.15, -0.1) is 0 Å². The van der Waals surface area contributed by atoms with E-state index in [2.05, 4.69) is 9.97 Å². The molecule has 3 rings (SSSR count). The van der Waals surface area contributed by atoms with Gasteiger partial charge in [0.15, 0.2) is 0 Å². The zero-order valence-electron chi connectivity index (χ0n) is 13.4. The van der Waals surface area contributed by atoms with E-state index in [1.165, 1.54) is 0 Å². The fourth-order valence-corrected chi connectivity index (χ4v) is 3.39. The van der Waals surface area contributed by atoms with Crippen LogP contribution in [0.15, 0.2) is 39.2 Å². The molecule has 1 aliphatic heterocycles. The zero-order valence-corrected chi connectivity index (χ0v) is 14.9. The fraction of sp³-hybridized carbons (Fsp3) is 0.188. The number of hydrogen-bond donors (Lipinski definition) is 3. The highest BCUT2D eigenvalue weighted by Gasteiger charge is 2.40. The van der Waals surface area contributed by atoms with Gasteiger partial charge < -0.3 is 15.2 Å². The van der Waals surface area contributed by atoms with Crippen molar-refractivity contribution in [2.75, 3.05) is 6.61 Å². The number of rotatable bonds is 3. The van der Waals surface area contributed by atoms with Crippen LogP contribution in [0.25, 0.3) is 0 Å². The second-order valence-electron chi connectivity index (χ2n) is 5.32. The Morgan fingerprint density at radius 1 is 1.23 bits per heavy atom. The van der Waals surface area contributed by atoms with Gasteiger partial charge in [0.2, 0.25) is 11.8 Å². The van der Waals surface area contributed by atoms with Gasteiger partial charge in [0, 0.05) is 15.6 Å². The van der Waals surface area contributed by atoms with Gasteiger partial charge in [-0.1, -0.05) is 29.3 Å². The Bertz CT molecular complexity index is 1020. The number of fused-ring (bicyclic) bond motifs is 1. The van der Waals surface area contributed by atoms with Gasteiger partial charge in [0.05, 0.1) is 18.1 Å². The summed E-state index contributed by atoms with van der Waals surface area (Å²) in [5, 5.41) is 0.408. The predicted molar refractivity (Wildman–Crippen MR) is 94.5 cm³/mol. The van der Waals surface area contributed by atoms with Crippen LogP contribution in [0.3, 0.4) is 0 Å². The van der Waals surface area contributed by atoms with Gasteiger partial charge in [0.1, 0.15) is 5.57 Å². The summed E-state index contributed by atoms with van der Waals surface area (Å²) in [5.41, 5.74) is 4.41. The summed E-state index contributed by atoms with van der Waals surface area (Å²) in [7, 11) is 0. The average molecular weight is 398 g/mol. The molecular formula is C16H13Cl2N3O5. The van der Waals surface area contributed by atoms with E-state index >= 15 is 0 Å². The largest absolute Gasteiger partial charge is 0.462 e. The lowest BCUT2D eigenvalue weighted by molar-refractivity contribution is -0.139. The molecule has 0 spiro atoms. The van der Waals surface area contributed by atoms with Crippen molar-refractivity contribution in [1.82, 2.24) is 9.97 Å². The molecule has 26 heavy (non-hydrogen) atoms. The summed E-state index contributed by atoms with van der Waals surface area (Å²) in [4.78, 5) is 41.0. The molecule has 136 valence electrons. The first-order valence-corrected chi connectivity index (χ1v) is 8.25. The molecule has 0 aliphatic carbocycles. The molecule has 8 nitrogen and oxygen atoms in total. The Labute approximate surface area is 156 Å². The van der Waals surface area contributed by atoms with Gasteiger partial charge >= 0.3 is 11.7 Å². The predicted octanol–water partition coefficient (Wildman–Crippen LogP) is 1.63. The Kier molecular flexibility index (Phi) is 4.80. The Hall–Kier alpha value is -2.71. The van der Waals surface area contributed by atoms with E-state index in [9.17, 15) is 14.4 Å². The minimum atomic E-state index is -1.08. The maximum Gasteiger partial charge on any atom is 0.340 e. The van der Waals surface area contributed by atoms with Gasteiger partial charge in [-0.2, -0.15) is 0 Å². The number of aromatic amines is 2. The van der Waals surface area contributed by atoms with Gasteiger partial charge in [-0.25, -0.2) is 9.59 Å². The second kappa shape index (κ2) is 6.89. The summed E-state index contributed by atoms with van der Waals surface area (Å²) in [5.74, 6) is -2.38. The Morgan fingerprint density at radius 3 is 2.50 bits per heavy atom. The van der Waals surface area contributed by atoms with Gasteiger partial charge in [-0.05, 0) is 19.1 Å². The molecule has 2 heterocycles. The van der Waals surface area contributed by atoms with Crippen molar-refractivity contribution in [2.45, 2.75) is 12.8 Å². The Morgan fingerprint density at radius 2 is 1.88 bits per heavy atom. The van der Waals surface area contributed by atoms with Crippen LogP contribution in [-0.2, 0) is 9.53 Å². The highest BCUT2D eigenvalue weighted by Crippen LogP contribution is 2.44. The zero-order chi connectivity index (χ0) is 19.0. The van der Waals surface area contributed by atoms with E-state index in [-0.39, 0.29) is 45.1 Å². The van der Waals surface area contributed by atoms with Crippen LogP contribution < -0.4 is 21.7 Å². The van der Waals surface area contributed by atoms with Crippen LogP contribution in [0.1, 0.15) is 24.0 Å². The number of aromatic nitrogens is 2. The molecule has 1 aromatic heterocycles. The van der Waals surface area contributed by atoms with E-state index in [1.54, 1.807) is 25.1 Å². The number of hydrogen-bond acceptors (Lipinski definition) is 6. The molecule has 0 unspecified atom stereocenters. The third kappa shape index (κ3) is 2.97. The second-order valence-corrected chi connectivity index (χ2v) is 6.13. The first kappa shape index (κ1) is 18.1. The molecular weight excluding hydrogens is 385 g/mol. The molecule has 0 saturated heterocycles. The van der Waals surface area contributed by atoms with Crippen molar-refractivity contribution < 1.29 is 14.3 Å². The first-order chi connectivity index (χ1) is 12.3. The van der Waals surface area contributed by atoms with Crippen LogP contribution in [0, 0.1) is 0 Å². The maximum absolute atomic E-state index is 12.5. The number of carbonyl (C=O) groups is 1. The minimum absolute atomic E-state index is 0.0585. The molecule has 2 aromatic rings. The number of ether oxygens (including phenoxy) is 2. The van der Waals surface area contributed by atoms with Crippen molar-refractivity contribution in [3.63, 3.8) is 0 Å². The van der Waals surface area contributed by atoms with E-state index in [0.717, 1.165) is 0 Å². The smallest absolute Gasteiger partial charge is 0.340 e. The van der Waals surface area contributed by atoms with Gasteiger partial charge in [0.25, 0.3) is 5.56 Å². The quantitative estimate of drug-likeness (QED) is 0.675. The highest BCUT2D eigenvalue weighted by molar-refractivity contribution is 6.36. The van der Waals surface area contributed by atoms with Gasteiger partial charge in [-0.3, -0.25) is 14.8 Å². The normalized spacial score (nSPS) is 16.0. The summed E-state index contributed by atoms with van der Waals surface area (Å²) < 4.78 is 10.3. The average Bonchev–Trinajstić information content (AvgIpc) is 2.53. The third-order valence-electron chi connectivity index (χ3n) is 3.78. The Balaban J connectivity index is 2.37. The van der Waals surface area contributed by atoms with E-state index in [0.29, 0.717) is 0 Å². The van der Waals surface area contributed by atoms with E-state index in [1.807, 2.05) is 0 Å². The summed E-state index contributed by atoms with van der Waals surface area (Å²) in [6.45, 7) is 1.70. The van der Waals surface area contributed by atoms with E-state index < -0.39 is 23.1 Å². The van der Waals surface area contributed by atoms with Crippen molar-refractivity contribution in [3.05, 3.63) is 71.7 Å². The number of benzene rings is 1. The third-order valence-corrected chi connectivity index (χ3v) is 4.44. The molecule has 0 amide bonds. The lowest BCUT2D eigenvalue weighted by Gasteiger charge is -2.28. The summed E-state index contributed by atoms with van der Waals surface area (Å²) in [6, 6.07) is 4.72. The molecule has 0 saturated carbocycles. The van der Waals surface area contributed by atoms with Crippen molar-refractivity contribution in [3.8, 4) is 5.88 Å². The number of nitrogens with two attached hydrogens (primary N) is 1. The number of esters is 1. The molecule has 0 radical (unpaired) electrons. The standard InChI is InChI=1S/C16H13Cl2N3O5/c1-2-25-15(23)10-9(8-6(17)4-3-5-7(8)18)11-13(22)20-16(24)21-14(11)26-12(10)19/h3-5,9H,2,19H2,1H3,(H2,20,21,22,24)/t9-/m1/s1. The lowest BCUT2D eigenvalue weighted by atomic mass is 9.84. The number of halogens is 2. The van der Waals surface area contributed by atoms with Crippen LogP contribution in [-0.4, -0.2) is 22.5 Å². The lowest BCUT2D eigenvalue weighted by Crippen LogP contribution is -2.36. The molecule has 1 aromatic carbocycles. The summed E-state index contributed by atoms with van der Waals surface area (Å²) >= 11 is 12.6. The topological polar surface area (TPSA) is 127 Å². The maximum atomic E-state index is 12.5. The monoisotopic (exact) mass is 397 g/mol. The summed E-state index contributed by atoms with van der Waals surface area (Å²) in [6.07, 6.45) is 0. The van der Waals surface area contributed by atoms with Crippen LogP contribution in [0.2, 0.25) is 10.0 Å². The minimum Gasteiger partial charge on any atom is -0.462 e. The molecule has 10 heteroatoms. The number of carbonyl (C=O) groups excluding carboxylic acids is 1. The van der Waals surface area contributed by atoms with Crippen LogP contribution in [0.4, 0.5) is 0 Å². The number of H-pyrrole nitrogens is 2. The SMILES string of the molecule is CCOC(=O)C1=C(N)Oc2[nH]c(=O)[nH]c(=O)c2[C@@H]1c1c(Cl)cccc1Cl. The highest BCUT2D eigenvalue weighted by atomic mass is 35.5. The fourth-order valence-electron chi connectivity index (χ4n) is 2.77. The van der Waals surface area contributed by atoms with Crippen LogP contribution in [0.5, 0.6) is 5.88 Å². The van der Waals surface area contributed by atoms with Crippen molar-refractivity contribution in [1.29, 1.82) is 0 Å². The number of nitrogens with one attached hydrogen (secondary N) is 2. The molecule has 1 aliphatic rings. The first-order valence-electron chi connectivity index (χ1n) is 7.50. The molecule has 0 bridgehead atoms.